The average molecular weight is 426 g/mol. The summed E-state index contributed by atoms with van der Waals surface area (Å²) in [4.78, 5) is 17.3. The maximum absolute atomic E-state index is 9.98. The van der Waals surface area contributed by atoms with Crippen molar-refractivity contribution in [1.82, 2.24) is 19.9 Å². The number of phenols is 1. The second-order valence-corrected chi connectivity index (χ2v) is 7.01. The molecule has 3 heterocycles. The number of aromatic hydroxyl groups is 1. The molecule has 0 aliphatic heterocycles. The van der Waals surface area contributed by atoms with Gasteiger partial charge in [0.05, 0.1) is 18.5 Å². The Bertz CT molecular complexity index is 1200. The summed E-state index contributed by atoms with van der Waals surface area (Å²) in [5, 5.41) is 14.2. The fourth-order valence-electron chi connectivity index (χ4n) is 2.96. The first kappa shape index (κ1) is 20.9. The highest BCUT2D eigenvalue weighted by atomic mass is 16.5. The zero-order chi connectivity index (χ0) is 22.2. The summed E-state index contributed by atoms with van der Waals surface area (Å²) in [6.45, 7) is 2.33. The highest BCUT2D eigenvalue weighted by molar-refractivity contribution is 5.84. The SMILES string of the molecule is Cc1ccc(O)c(/C=N/Nc2cc(-c3ccncc3)nc(OCCc3ccccn3)n2)c1. The summed E-state index contributed by atoms with van der Waals surface area (Å²) in [6.07, 6.45) is 7.33. The molecular formula is C24H22N6O2. The van der Waals surface area contributed by atoms with Crippen molar-refractivity contribution in [3.05, 3.63) is 90.0 Å². The highest BCUT2D eigenvalue weighted by Crippen LogP contribution is 2.22. The van der Waals surface area contributed by atoms with Crippen LogP contribution in [0.5, 0.6) is 11.8 Å². The van der Waals surface area contributed by atoms with Crippen molar-refractivity contribution in [2.45, 2.75) is 13.3 Å². The molecule has 1 aromatic carbocycles. The lowest BCUT2D eigenvalue weighted by molar-refractivity contribution is 0.296. The van der Waals surface area contributed by atoms with Gasteiger partial charge in [0.2, 0.25) is 0 Å². The van der Waals surface area contributed by atoms with Crippen LogP contribution in [0, 0.1) is 6.92 Å². The molecule has 2 N–H and O–H groups in total. The minimum Gasteiger partial charge on any atom is -0.507 e. The van der Waals surface area contributed by atoms with E-state index in [0.29, 0.717) is 30.1 Å². The maximum Gasteiger partial charge on any atom is 0.318 e. The van der Waals surface area contributed by atoms with Gasteiger partial charge in [-0.15, -0.1) is 0 Å². The average Bonchev–Trinajstić information content (AvgIpc) is 2.82. The van der Waals surface area contributed by atoms with Gasteiger partial charge in [0.25, 0.3) is 0 Å². The number of pyridine rings is 2. The van der Waals surface area contributed by atoms with Crippen LogP contribution >= 0.6 is 0 Å². The molecule has 0 radical (unpaired) electrons. The predicted octanol–water partition coefficient (Wildman–Crippen LogP) is 4.02. The lowest BCUT2D eigenvalue weighted by Gasteiger charge is -2.09. The first-order valence-corrected chi connectivity index (χ1v) is 10.1. The normalized spacial score (nSPS) is 10.9. The molecule has 0 saturated carbocycles. The van der Waals surface area contributed by atoms with E-state index >= 15 is 0 Å². The number of hydrogen-bond acceptors (Lipinski definition) is 8. The van der Waals surface area contributed by atoms with E-state index in [4.69, 9.17) is 4.74 Å². The van der Waals surface area contributed by atoms with Crippen molar-refractivity contribution in [2.24, 2.45) is 5.10 Å². The minimum atomic E-state index is 0.153. The fourth-order valence-corrected chi connectivity index (χ4v) is 2.96. The fraction of sp³-hybridized carbons (Fsp3) is 0.125. The quantitative estimate of drug-likeness (QED) is 0.324. The molecule has 0 fully saturated rings. The van der Waals surface area contributed by atoms with Crippen LogP contribution in [0.15, 0.2) is 78.3 Å². The summed E-state index contributed by atoms with van der Waals surface area (Å²) >= 11 is 0. The van der Waals surface area contributed by atoms with Crippen LogP contribution in [-0.2, 0) is 6.42 Å². The molecule has 0 unspecified atom stereocenters. The molecule has 0 aliphatic rings. The standard InChI is InChI=1S/C24H22N6O2/c1-17-5-6-22(31)19(14-17)16-27-30-23-15-21(18-7-11-25-12-8-18)28-24(29-23)32-13-9-20-4-2-3-10-26-20/h2-8,10-12,14-16,31H,9,13H2,1H3,(H,28,29,30)/b27-16+. The molecule has 4 rings (SSSR count). The van der Waals surface area contributed by atoms with E-state index in [1.54, 1.807) is 30.7 Å². The monoisotopic (exact) mass is 426 g/mol. The van der Waals surface area contributed by atoms with Crippen molar-refractivity contribution < 1.29 is 9.84 Å². The largest absolute Gasteiger partial charge is 0.507 e. The third-order valence-corrected chi connectivity index (χ3v) is 4.56. The Hall–Kier alpha value is -4.33. The molecule has 3 aromatic heterocycles. The number of benzene rings is 1. The molecule has 0 saturated heterocycles. The van der Waals surface area contributed by atoms with Gasteiger partial charge in [-0.1, -0.05) is 17.7 Å². The van der Waals surface area contributed by atoms with Gasteiger partial charge in [0.1, 0.15) is 5.75 Å². The van der Waals surface area contributed by atoms with Crippen LogP contribution in [0.1, 0.15) is 16.8 Å². The summed E-state index contributed by atoms with van der Waals surface area (Å²) in [5.41, 5.74) is 7.00. The zero-order valence-electron chi connectivity index (χ0n) is 17.5. The Labute approximate surface area is 185 Å². The first-order chi connectivity index (χ1) is 15.7. The molecule has 0 amide bonds. The summed E-state index contributed by atoms with van der Waals surface area (Å²) in [7, 11) is 0. The summed E-state index contributed by atoms with van der Waals surface area (Å²) in [5.74, 6) is 0.614. The number of hydrazone groups is 1. The Morgan fingerprint density at radius 3 is 2.72 bits per heavy atom. The van der Waals surface area contributed by atoms with Crippen LogP contribution in [0.3, 0.4) is 0 Å². The summed E-state index contributed by atoms with van der Waals surface area (Å²) in [6, 6.07) is 16.8. The van der Waals surface area contributed by atoms with Crippen molar-refractivity contribution in [2.75, 3.05) is 12.0 Å². The summed E-state index contributed by atoms with van der Waals surface area (Å²) < 4.78 is 5.80. The van der Waals surface area contributed by atoms with E-state index in [-0.39, 0.29) is 11.8 Å². The number of rotatable bonds is 8. The number of ether oxygens (including phenoxy) is 1. The Morgan fingerprint density at radius 2 is 1.91 bits per heavy atom. The second kappa shape index (κ2) is 10.1. The van der Waals surface area contributed by atoms with Crippen molar-refractivity contribution in [3.63, 3.8) is 0 Å². The minimum absolute atomic E-state index is 0.153. The van der Waals surface area contributed by atoms with Crippen LogP contribution in [0.4, 0.5) is 5.82 Å². The van der Waals surface area contributed by atoms with Crippen LogP contribution in [0.25, 0.3) is 11.3 Å². The number of nitrogens with zero attached hydrogens (tertiary/aromatic N) is 5. The van der Waals surface area contributed by atoms with E-state index in [0.717, 1.165) is 16.8 Å². The number of aromatic nitrogens is 4. The molecule has 8 heteroatoms. The molecule has 8 nitrogen and oxygen atoms in total. The number of aryl methyl sites for hydroxylation is 1. The Morgan fingerprint density at radius 1 is 1.03 bits per heavy atom. The lowest BCUT2D eigenvalue weighted by Crippen LogP contribution is -2.07. The zero-order valence-corrected chi connectivity index (χ0v) is 17.5. The van der Waals surface area contributed by atoms with Crippen LogP contribution in [-0.4, -0.2) is 37.9 Å². The van der Waals surface area contributed by atoms with E-state index < -0.39 is 0 Å². The van der Waals surface area contributed by atoms with E-state index in [1.165, 1.54) is 6.21 Å². The molecule has 0 spiro atoms. The lowest BCUT2D eigenvalue weighted by atomic mass is 10.1. The van der Waals surface area contributed by atoms with Gasteiger partial charge in [-0.25, -0.2) is 0 Å². The molecule has 160 valence electrons. The predicted molar refractivity (Wildman–Crippen MR) is 123 cm³/mol. The maximum atomic E-state index is 9.98. The van der Waals surface area contributed by atoms with E-state index in [9.17, 15) is 5.11 Å². The van der Waals surface area contributed by atoms with Gasteiger partial charge >= 0.3 is 6.01 Å². The number of anilines is 1. The van der Waals surface area contributed by atoms with Crippen LogP contribution < -0.4 is 10.2 Å². The molecule has 0 atom stereocenters. The smallest absolute Gasteiger partial charge is 0.318 e. The number of hydrogen-bond donors (Lipinski definition) is 2. The highest BCUT2D eigenvalue weighted by Gasteiger charge is 2.08. The molecule has 0 bridgehead atoms. The number of nitrogens with one attached hydrogen (secondary N) is 1. The first-order valence-electron chi connectivity index (χ1n) is 10.1. The second-order valence-electron chi connectivity index (χ2n) is 7.01. The molecule has 4 aromatic rings. The Balaban J connectivity index is 1.53. The van der Waals surface area contributed by atoms with Crippen LogP contribution in [0.2, 0.25) is 0 Å². The number of phenolic OH excluding ortho intramolecular Hbond substituents is 1. The van der Waals surface area contributed by atoms with E-state index in [2.05, 4.69) is 30.5 Å². The van der Waals surface area contributed by atoms with Gasteiger partial charge in [-0.3, -0.25) is 15.4 Å². The third-order valence-electron chi connectivity index (χ3n) is 4.56. The van der Waals surface area contributed by atoms with E-state index in [1.807, 2.05) is 49.4 Å². The van der Waals surface area contributed by atoms with Crippen molar-refractivity contribution >= 4 is 12.0 Å². The van der Waals surface area contributed by atoms with Crippen molar-refractivity contribution in [1.29, 1.82) is 0 Å². The van der Waals surface area contributed by atoms with Gasteiger partial charge in [0.15, 0.2) is 5.82 Å². The third kappa shape index (κ3) is 5.63. The van der Waals surface area contributed by atoms with Gasteiger partial charge in [0, 0.05) is 47.9 Å². The van der Waals surface area contributed by atoms with Gasteiger partial charge in [-0.05, 0) is 43.3 Å². The van der Waals surface area contributed by atoms with Gasteiger partial charge in [-0.2, -0.15) is 15.1 Å². The molecule has 32 heavy (non-hydrogen) atoms. The Kier molecular flexibility index (Phi) is 6.62. The van der Waals surface area contributed by atoms with Gasteiger partial charge < -0.3 is 9.84 Å². The molecular weight excluding hydrogens is 404 g/mol. The molecule has 0 aliphatic carbocycles. The van der Waals surface area contributed by atoms with Crippen molar-refractivity contribution in [3.8, 4) is 23.0 Å². The topological polar surface area (TPSA) is 105 Å².